The molecule has 74 heavy (non-hydrogen) atoms. The topological polar surface area (TPSA) is 170 Å². The average Bonchev–Trinajstić information content (AvgIpc) is 4.24. The van der Waals surface area contributed by atoms with E-state index in [0.29, 0.717) is 38.4 Å². The van der Waals surface area contributed by atoms with Crippen molar-refractivity contribution in [2.24, 2.45) is 23.7 Å². The Bertz CT molecular complexity index is 2770. The fourth-order valence-corrected chi connectivity index (χ4v) is 15.1. The molecule has 0 radical (unpaired) electrons. The zero-order valence-corrected chi connectivity index (χ0v) is 46.9. The summed E-state index contributed by atoms with van der Waals surface area (Å²) in [6, 6.07) is 12.7. The van der Waals surface area contributed by atoms with Crippen LogP contribution in [0.25, 0.3) is 44.6 Å². The predicted molar refractivity (Wildman–Crippen MR) is 293 cm³/mol. The van der Waals surface area contributed by atoms with Crippen LogP contribution in [-0.2, 0) is 34.0 Å². The first-order valence-corrected chi connectivity index (χ1v) is 35.2. The van der Waals surface area contributed by atoms with Crippen LogP contribution in [0, 0.1) is 46.3 Å². The maximum absolute atomic E-state index is 9.68. The number of likely N-dealkylation sites (tertiary alicyclic amines) is 2. The van der Waals surface area contributed by atoms with E-state index in [1.807, 2.05) is 43.3 Å². The van der Waals surface area contributed by atoms with Crippen LogP contribution >= 0.6 is 0 Å². The molecule has 16 nitrogen and oxygen atoms in total. The lowest BCUT2D eigenvalue weighted by molar-refractivity contribution is -0.0433. The first-order chi connectivity index (χ1) is 35.7. The van der Waals surface area contributed by atoms with Crippen LogP contribution in [0.4, 0.5) is 0 Å². The zero-order chi connectivity index (χ0) is 51.2. The molecule has 6 aromatic heterocycles. The summed E-state index contributed by atoms with van der Waals surface area (Å²) < 4.78 is 20.1. The number of ether oxygens (including phenoxy) is 2. The zero-order valence-electron chi connectivity index (χ0n) is 44.9. The van der Waals surface area contributed by atoms with Crippen molar-refractivity contribution < 1.29 is 9.47 Å². The summed E-state index contributed by atoms with van der Waals surface area (Å²) in [5.74, 6) is 3.68. The van der Waals surface area contributed by atoms with E-state index in [4.69, 9.17) is 19.7 Å². The smallest absolute Gasteiger partial charge is 0.145 e. The molecule has 0 N–H and O–H groups in total. The largest absolute Gasteiger partial charge is 0.361 e. The number of rotatable bonds is 18. The van der Waals surface area contributed by atoms with Crippen molar-refractivity contribution >= 4 is 38.2 Å². The van der Waals surface area contributed by atoms with Crippen molar-refractivity contribution in [2.45, 2.75) is 165 Å². The van der Waals surface area contributed by atoms with E-state index in [9.17, 15) is 10.5 Å². The SMILES string of the molecule is C[Si](C)(C)CCOCn1ccc2c(-c3cnn(C4(CC#N)CN(C5CC6CCC(C6)C5)C4)c3)ncnc21.C[Si](C)(C)CCOCn1ccc2c(-c3cnn(C4(CC#N)CN(C5CC6CCC(C6)C5)C4)c3)ncnc21. The van der Waals surface area contributed by atoms with Crippen molar-refractivity contribution in [1.82, 2.24) is 58.4 Å². The summed E-state index contributed by atoms with van der Waals surface area (Å²) in [5.41, 5.74) is 4.96. The normalized spacial score (nSPS) is 25.3. The maximum Gasteiger partial charge on any atom is 0.145 e. The monoisotopic (exact) mass is 1030 g/mol. The van der Waals surface area contributed by atoms with Crippen molar-refractivity contribution in [3.8, 4) is 34.7 Å². The molecule has 0 amide bonds. The first-order valence-electron chi connectivity index (χ1n) is 27.8. The lowest BCUT2D eigenvalue weighted by Gasteiger charge is -2.53. The summed E-state index contributed by atoms with van der Waals surface area (Å²) in [6.45, 7) is 20.4. The van der Waals surface area contributed by atoms with Crippen molar-refractivity contribution in [2.75, 3.05) is 39.4 Å². The third-order valence-corrected chi connectivity index (χ3v) is 21.2. The van der Waals surface area contributed by atoms with Gasteiger partial charge in [0.05, 0.1) is 48.8 Å². The summed E-state index contributed by atoms with van der Waals surface area (Å²) in [7, 11) is -2.23. The fourth-order valence-electron chi connectivity index (χ4n) is 13.6. The van der Waals surface area contributed by atoms with E-state index in [-0.39, 0.29) is 11.1 Å². The van der Waals surface area contributed by atoms with Gasteiger partial charge in [0.25, 0.3) is 0 Å². The molecule has 6 aromatic rings. The van der Waals surface area contributed by atoms with Gasteiger partial charge in [-0.05, 0) is 86.4 Å². The van der Waals surface area contributed by atoms with Crippen LogP contribution in [0.1, 0.15) is 77.0 Å². The molecule has 2 aliphatic heterocycles. The number of nitriles is 2. The highest BCUT2D eigenvalue weighted by atomic mass is 28.3. The summed E-state index contributed by atoms with van der Waals surface area (Å²) >= 11 is 0. The van der Waals surface area contributed by atoms with Gasteiger partial charge in [-0.2, -0.15) is 20.7 Å². The van der Waals surface area contributed by atoms with Gasteiger partial charge in [-0.3, -0.25) is 19.2 Å². The number of aromatic nitrogens is 10. The Kier molecular flexibility index (Phi) is 14.3. The molecule has 4 aliphatic carbocycles. The van der Waals surface area contributed by atoms with Crippen LogP contribution in [0.5, 0.6) is 0 Å². The van der Waals surface area contributed by atoms with Gasteiger partial charge in [0.15, 0.2) is 0 Å². The Balaban J connectivity index is 0.000000159. The molecule has 392 valence electrons. The maximum atomic E-state index is 9.68. The molecule has 6 aliphatic rings. The number of hydrogen-bond donors (Lipinski definition) is 0. The second-order valence-corrected chi connectivity index (χ2v) is 37.0. The van der Waals surface area contributed by atoms with E-state index < -0.39 is 16.1 Å². The van der Waals surface area contributed by atoms with Gasteiger partial charge in [0.2, 0.25) is 0 Å². The van der Waals surface area contributed by atoms with E-state index in [1.165, 1.54) is 64.2 Å². The molecule has 0 spiro atoms. The van der Waals surface area contributed by atoms with Crippen LogP contribution in [-0.4, -0.2) is 126 Å². The Hall–Kier alpha value is -5.09. The molecule has 4 unspecified atom stereocenters. The standard InChI is InChI=1S/2C28H39N7OSi/c2*1-37(2,3)11-10-36-20-33-9-6-25-26(30-19-31-27(25)33)23-15-32-35(16-23)28(7-8-29)17-34(18-28)24-13-21-4-5-22(12-21)14-24/h2*6,9,15-16,19,21-22,24H,4-5,7,10-14,17-18,20H2,1-3H3. The lowest BCUT2D eigenvalue weighted by atomic mass is 9.79. The molecular formula is C56H78N14O2Si2. The first kappa shape index (κ1) is 51.0. The molecule has 12 rings (SSSR count). The van der Waals surface area contributed by atoms with Gasteiger partial charge < -0.3 is 18.6 Å². The quantitative estimate of drug-likeness (QED) is 0.0591. The number of nitrogens with zero attached hydrogens (tertiary/aromatic N) is 14. The van der Waals surface area contributed by atoms with Crippen LogP contribution < -0.4 is 0 Å². The fraction of sp³-hybridized carbons (Fsp3) is 0.643. The third kappa shape index (κ3) is 10.7. The summed E-state index contributed by atoms with van der Waals surface area (Å²) in [6.07, 6.45) is 30.1. The highest BCUT2D eigenvalue weighted by Crippen LogP contribution is 2.48. The lowest BCUT2D eigenvalue weighted by Crippen LogP contribution is -2.65. The average molecular weight is 1040 g/mol. The Morgan fingerprint density at radius 3 is 1.32 bits per heavy atom. The second-order valence-electron chi connectivity index (χ2n) is 25.8. The van der Waals surface area contributed by atoms with Crippen molar-refractivity contribution in [3.63, 3.8) is 0 Å². The molecule has 4 saturated carbocycles. The minimum atomic E-state index is -1.11. The number of hydrogen-bond acceptors (Lipinski definition) is 12. The molecular weight excluding hydrogens is 957 g/mol. The Morgan fingerprint density at radius 1 is 0.568 bits per heavy atom. The van der Waals surface area contributed by atoms with Gasteiger partial charge >= 0.3 is 0 Å². The van der Waals surface area contributed by atoms with Crippen LogP contribution in [0.2, 0.25) is 51.4 Å². The van der Waals surface area contributed by atoms with Gasteiger partial charge in [0, 0.05) is 114 Å². The molecule has 4 atom stereocenters. The minimum Gasteiger partial charge on any atom is -0.361 e. The highest BCUT2D eigenvalue weighted by Gasteiger charge is 2.51. The van der Waals surface area contributed by atoms with Gasteiger partial charge in [-0.15, -0.1) is 0 Å². The van der Waals surface area contributed by atoms with Crippen LogP contribution in [0.3, 0.4) is 0 Å². The van der Waals surface area contributed by atoms with E-state index in [1.54, 1.807) is 12.7 Å². The Morgan fingerprint density at radius 2 is 0.959 bits per heavy atom. The molecule has 8 heterocycles. The summed E-state index contributed by atoms with van der Waals surface area (Å²) in [4.78, 5) is 23.6. The third-order valence-electron chi connectivity index (χ3n) is 17.8. The van der Waals surface area contributed by atoms with Gasteiger partial charge in [0.1, 0.15) is 48.5 Å². The van der Waals surface area contributed by atoms with Crippen molar-refractivity contribution in [3.05, 3.63) is 62.0 Å². The predicted octanol–water partition coefficient (Wildman–Crippen LogP) is 10.2. The van der Waals surface area contributed by atoms with Crippen molar-refractivity contribution in [1.29, 1.82) is 10.5 Å². The Labute approximate surface area is 439 Å². The summed E-state index contributed by atoms with van der Waals surface area (Å²) in [5, 5.41) is 30.9. The molecule has 2 saturated heterocycles. The van der Waals surface area contributed by atoms with E-state index >= 15 is 0 Å². The molecule has 0 aromatic carbocycles. The van der Waals surface area contributed by atoms with E-state index in [2.05, 4.69) is 106 Å². The minimum absolute atomic E-state index is 0.244. The van der Waals surface area contributed by atoms with E-state index in [0.717, 1.165) is 120 Å². The highest BCUT2D eigenvalue weighted by molar-refractivity contribution is 6.76. The molecule has 4 bridgehead atoms. The van der Waals surface area contributed by atoms with Gasteiger partial charge in [-0.25, -0.2) is 19.9 Å². The molecule has 6 fully saturated rings. The van der Waals surface area contributed by atoms with Gasteiger partial charge in [-0.1, -0.05) is 65.0 Å². The number of fused-ring (bicyclic) bond motifs is 6. The molecule has 18 heteroatoms. The van der Waals surface area contributed by atoms with Crippen LogP contribution in [0.15, 0.2) is 62.0 Å². The second kappa shape index (κ2) is 20.8.